The molecular formula is C20H23NO3. The molecule has 4 heteroatoms. The van der Waals surface area contributed by atoms with E-state index in [4.69, 9.17) is 9.57 Å². The monoisotopic (exact) mass is 325 g/mol. The van der Waals surface area contributed by atoms with Crippen LogP contribution in [0.2, 0.25) is 0 Å². The van der Waals surface area contributed by atoms with Gasteiger partial charge in [0, 0.05) is 5.56 Å². The topological polar surface area (TPSA) is 47.9 Å². The average molecular weight is 325 g/mol. The average Bonchev–Trinajstić information content (AvgIpc) is 2.57. The number of benzene rings is 2. The minimum absolute atomic E-state index is 0.335. The molecule has 0 heterocycles. The van der Waals surface area contributed by atoms with Crippen molar-refractivity contribution in [1.82, 2.24) is 0 Å². The molecule has 0 atom stereocenters. The van der Waals surface area contributed by atoms with E-state index in [-0.39, 0.29) is 5.97 Å². The van der Waals surface area contributed by atoms with E-state index in [1.165, 1.54) is 18.2 Å². The van der Waals surface area contributed by atoms with E-state index in [0.717, 1.165) is 22.4 Å². The molecule has 2 aromatic rings. The standard InChI is InChI=1S/C20H23NO3/c1-13(2)21-24-12-18-10-14(3)15(4)11-19(18)16-6-8-17(9-7-16)20(22)23-5/h6-11H,12H2,1-5H3. The molecule has 0 aliphatic rings. The van der Waals surface area contributed by atoms with Crippen LogP contribution in [-0.4, -0.2) is 18.8 Å². The van der Waals surface area contributed by atoms with E-state index in [2.05, 4.69) is 31.1 Å². The SMILES string of the molecule is COC(=O)c1ccc(-c2cc(C)c(C)cc2CON=C(C)C)cc1. The maximum absolute atomic E-state index is 11.6. The molecular weight excluding hydrogens is 302 g/mol. The molecule has 0 aliphatic heterocycles. The van der Waals surface area contributed by atoms with E-state index < -0.39 is 0 Å². The highest BCUT2D eigenvalue weighted by Crippen LogP contribution is 2.28. The van der Waals surface area contributed by atoms with Crippen molar-refractivity contribution in [2.45, 2.75) is 34.3 Å². The molecule has 0 aromatic heterocycles. The number of ether oxygens (including phenoxy) is 1. The molecule has 0 N–H and O–H groups in total. The summed E-state index contributed by atoms with van der Waals surface area (Å²) in [6.07, 6.45) is 0. The summed E-state index contributed by atoms with van der Waals surface area (Å²) in [6.45, 7) is 8.36. The highest BCUT2D eigenvalue weighted by molar-refractivity contribution is 5.90. The van der Waals surface area contributed by atoms with Crippen molar-refractivity contribution in [2.75, 3.05) is 7.11 Å². The van der Waals surface area contributed by atoms with E-state index >= 15 is 0 Å². The quantitative estimate of drug-likeness (QED) is 0.456. The van der Waals surface area contributed by atoms with Crippen LogP contribution in [0.3, 0.4) is 0 Å². The van der Waals surface area contributed by atoms with Crippen LogP contribution in [0.1, 0.15) is 40.9 Å². The summed E-state index contributed by atoms with van der Waals surface area (Å²) in [5, 5.41) is 4.01. The number of carbonyl (C=O) groups is 1. The number of rotatable bonds is 5. The van der Waals surface area contributed by atoms with Gasteiger partial charge in [0.25, 0.3) is 0 Å². The Hall–Kier alpha value is -2.62. The van der Waals surface area contributed by atoms with Gasteiger partial charge in [0.2, 0.25) is 0 Å². The third kappa shape index (κ3) is 4.22. The van der Waals surface area contributed by atoms with Crippen LogP contribution < -0.4 is 0 Å². The fraction of sp³-hybridized carbons (Fsp3) is 0.300. The first kappa shape index (κ1) is 17.7. The molecule has 24 heavy (non-hydrogen) atoms. The van der Waals surface area contributed by atoms with Gasteiger partial charge in [-0.3, -0.25) is 0 Å². The third-order valence-corrected chi connectivity index (χ3v) is 3.80. The summed E-state index contributed by atoms with van der Waals surface area (Å²) in [5.41, 5.74) is 7.01. The summed E-state index contributed by atoms with van der Waals surface area (Å²) in [4.78, 5) is 17.0. The van der Waals surface area contributed by atoms with E-state index in [9.17, 15) is 4.79 Å². The molecule has 0 aliphatic carbocycles. The van der Waals surface area contributed by atoms with Gasteiger partial charge in [0.05, 0.1) is 18.4 Å². The minimum Gasteiger partial charge on any atom is -0.465 e. The van der Waals surface area contributed by atoms with Crippen molar-refractivity contribution in [1.29, 1.82) is 0 Å². The molecule has 2 rings (SSSR count). The second-order valence-electron chi connectivity index (χ2n) is 5.97. The van der Waals surface area contributed by atoms with Crippen molar-refractivity contribution in [3.63, 3.8) is 0 Å². The molecule has 0 fully saturated rings. The van der Waals surface area contributed by atoms with Crippen LogP contribution in [-0.2, 0) is 16.2 Å². The Morgan fingerprint density at radius 2 is 1.67 bits per heavy atom. The highest BCUT2D eigenvalue weighted by Gasteiger charge is 2.10. The number of esters is 1. The third-order valence-electron chi connectivity index (χ3n) is 3.80. The first-order chi connectivity index (χ1) is 11.4. The Kier molecular flexibility index (Phi) is 5.74. The van der Waals surface area contributed by atoms with E-state index in [1.54, 1.807) is 12.1 Å². The van der Waals surface area contributed by atoms with Crippen molar-refractivity contribution in [3.05, 3.63) is 58.7 Å². The van der Waals surface area contributed by atoms with Crippen LogP contribution in [0, 0.1) is 13.8 Å². The molecule has 0 saturated heterocycles. The number of methoxy groups -OCH3 is 1. The van der Waals surface area contributed by atoms with Crippen LogP contribution in [0.25, 0.3) is 11.1 Å². The van der Waals surface area contributed by atoms with Crippen molar-refractivity contribution in [2.24, 2.45) is 5.16 Å². The van der Waals surface area contributed by atoms with Gasteiger partial charge < -0.3 is 9.57 Å². The number of hydrogen-bond donors (Lipinski definition) is 0. The van der Waals surface area contributed by atoms with E-state index in [1.807, 2.05) is 26.0 Å². The zero-order valence-electron chi connectivity index (χ0n) is 14.8. The molecule has 0 amide bonds. The van der Waals surface area contributed by atoms with Gasteiger partial charge in [-0.05, 0) is 62.1 Å². The normalized spacial score (nSPS) is 10.2. The van der Waals surface area contributed by atoms with Gasteiger partial charge in [0.15, 0.2) is 0 Å². The van der Waals surface area contributed by atoms with Crippen molar-refractivity contribution < 1.29 is 14.4 Å². The second-order valence-corrected chi connectivity index (χ2v) is 5.97. The summed E-state index contributed by atoms with van der Waals surface area (Å²) in [7, 11) is 1.38. The largest absolute Gasteiger partial charge is 0.465 e. The van der Waals surface area contributed by atoms with E-state index in [0.29, 0.717) is 12.2 Å². The lowest BCUT2D eigenvalue weighted by Gasteiger charge is -2.13. The van der Waals surface area contributed by atoms with Gasteiger partial charge in [-0.1, -0.05) is 29.4 Å². The maximum Gasteiger partial charge on any atom is 0.337 e. The summed E-state index contributed by atoms with van der Waals surface area (Å²) < 4.78 is 4.74. The Balaban J connectivity index is 2.38. The van der Waals surface area contributed by atoms with Gasteiger partial charge in [-0.25, -0.2) is 4.79 Å². The molecule has 0 radical (unpaired) electrons. The number of carbonyl (C=O) groups excluding carboxylic acids is 1. The molecule has 126 valence electrons. The molecule has 2 aromatic carbocycles. The highest BCUT2D eigenvalue weighted by atomic mass is 16.6. The Morgan fingerprint density at radius 1 is 1.04 bits per heavy atom. The smallest absolute Gasteiger partial charge is 0.337 e. The van der Waals surface area contributed by atoms with Gasteiger partial charge in [-0.2, -0.15) is 0 Å². The first-order valence-electron chi connectivity index (χ1n) is 7.84. The molecule has 4 nitrogen and oxygen atoms in total. The van der Waals surface area contributed by atoms with Crippen LogP contribution in [0.15, 0.2) is 41.6 Å². The van der Waals surface area contributed by atoms with Gasteiger partial charge in [0.1, 0.15) is 6.61 Å². The Labute approximate surface area is 143 Å². The Morgan fingerprint density at radius 3 is 2.25 bits per heavy atom. The molecule has 0 bridgehead atoms. The molecule has 0 unspecified atom stereocenters. The summed E-state index contributed by atoms with van der Waals surface area (Å²) in [6, 6.07) is 11.7. The fourth-order valence-electron chi connectivity index (χ4n) is 2.40. The van der Waals surface area contributed by atoms with Gasteiger partial charge >= 0.3 is 5.97 Å². The summed E-state index contributed by atoms with van der Waals surface area (Å²) >= 11 is 0. The predicted molar refractivity (Wildman–Crippen MR) is 96.3 cm³/mol. The lowest BCUT2D eigenvalue weighted by atomic mass is 9.94. The van der Waals surface area contributed by atoms with Crippen LogP contribution in [0.5, 0.6) is 0 Å². The minimum atomic E-state index is -0.335. The van der Waals surface area contributed by atoms with Crippen LogP contribution >= 0.6 is 0 Å². The zero-order valence-corrected chi connectivity index (χ0v) is 14.8. The second kappa shape index (κ2) is 7.77. The van der Waals surface area contributed by atoms with Crippen molar-refractivity contribution in [3.8, 4) is 11.1 Å². The first-order valence-corrected chi connectivity index (χ1v) is 7.84. The van der Waals surface area contributed by atoms with Gasteiger partial charge in [-0.15, -0.1) is 0 Å². The lowest BCUT2D eigenvalue weighted by Crippen LogP contribution is -2.01. The number of oxime groups is 1. The molecule has 0 saturated carbocycles. The number of aryl methyl sites for hydroxylation is 2. The maximum atomic E-state index is 11.6. The lowest BCUT2D eigenvalue weighted by molar-refractivity contribution is 0.0601. The number of nitrogens with zero attached hydrogens (tertiary/aromatic N) is 1. The van der Waals surface area contributed by atoms with Crippen LogP contribution in [0.4, 0.5) is 0 Å². The fourth-order valence-corrected chi connectivity index (χ4v) is 2.40. The summed E-state index contributed by atoms with van der Waals surface area (Å²) in [5.74, 6) is -0.335. The Bertz CT molecular complexity index is 757. The van der Waals surface area contributed by atoms with Crippen molar-refractivity contribution >= 4 is 11.7 Å². The molecule has 0 spiro atoms. The number of hydrogen-bond acceptors (Lipinski definition) is 4. The predicted octanol–water partition coefficient (Wildman–Crippen LogP) is 4.67. The zero-order chi connectivity index (χ0) is 17.7.